The number of allylic oxidation sites excluding steroid dienone is 1. The van der Waals surface area contributed by atoms with Crippen molar-refractivity contribution in [3.05, 3.63) is 11.6 Å². The quantitative estimate of drug-likeness (QED) is 0.397. The first kappa shape index (κ1) is 15.7. The molecule has 0 bridgehead atoms. The maximum absolute atomic E-state index is 5.61. The Morgan fingerprint density at radius 3 is 2.94 bits per heavy atom. The molecule has 1 aliphatic rings. The van der Waals surface area contributed by atoms with Gasteiger partial charge in [0.2, 0.25) is 0 Å². The van der Waals surface area contributed by atoms with Gasteiger partial charge >= 0.3 is 0 Å². The predicted molar refractivity (Wildman–Crippen MR) is 77.4 cm³/mol. The minimum Gasteiger partial charge on any atom is -0.316 e. The minimum absolute atomic E-state index is 0.650. The molecule has 18 heavy (non-hydrogen) atoms. The predicted octanol–water partition coefficient (Wildman–Crippen LogP) is 2.89. The van der Waals surface area contributed by atoms with Crippen LogP contribution < -0.4 is 10.8 Å². The Bertz CT molecular complexity index is 235. The van der Waals surface area contributed by atoms with Crippen molar-refractivity contribution < 1.29 is 4.84 Å². The fraction of sp³-hybridized carbons (Fsp3) is 0.867. The van der Waals surface area contributed by atoms with Crippen LogP contribution in [0.25, 0.3) is 0 Å². The van der Waals surface area contributed by atoms with Crippen molar-refractivity contribution in [3.8, 4) is 0 Å². The molecule has 0 amide bonds. The van der Waals surface area contributed by atoms with Crippen LogP contribution in [0.4, 0.5) is 0 Å². The summed E-state index contributed by atoms with van der Waals surface area (Å²) in [6, 6.07) is 0. The van der Waals surface area contributed by atoms with E-state index in [9.17, 15) is 0 Å². The number of rotatable bonds is 8. The smallest absolute Gasteiger partial charge is 0.0722 e. The lowest BCUT2D eigenvalue weighted by Crippen LogP contribution is -2.34. The lowest BCUT2D eigenvalue weighted by Gasteiger charge is -2.23. The Morgan fingerprint density at radius 1 is 1.50 bits per heavy atom. The third-order valence-corrected chi connectivity index (χ3v) is 3.81. The number of hydroxylamine groups is 1. The van der Waals surface area contributed by atoms with E-state index in [4.69, 9.17) is 4.84 Å². The molecule has 1 rings (SSSR count). The van der Waals surface area contributed by atoms with Gasteiger partial charge in [-0.2, -0.15) is 5.48 Å². The molecule has 0 radical (unpaired) electrons. The van der Waals surface area contributed by atoms with E-state index in [1.165, 1.54) is 31.4 Å². The fourth-order valence-corrected chi connectivity index (χ4v) is 2.35. The zero-order valence-corrected chi connectivity index (χ0v) is 12.3. The highest BCUT2D eigenvalue weighted by Gasteiger charge is 2.13. The Hall–Kier alpha value is -0.380. The van der Waals surface area contributed by atoms with Crippen molar-refractivity contribution in [3.63, 3.8) is 0 Å². The van der Waals surface area contributed by atoms with E-state index in [-0.39, 0.29) is 0 Å². The van der Waals surface area contributed by atoms with E-state index in [0.717, 1.165) is 26.1 Å². The van der Waals surface area contributed by atoms with Gasteiger partial charge in [0.25, 0.3) is 0 Å². The fourth-order valence-electron chi connectivity index (χ4n) is 2.35. The second-order valence-electron chi connectivity index (χ2n) is 5.34. The lowest BCUT2D eigenvalue weighted by molar-refractivity contribution is 0.0159. The average Bonchev–Trinajstić information content (AvgIpc) is 2.42. The molecule has 0 saturated carbocycles. The molecule has 0 aromatic carbocycles. The van der Waals surface area contributed by atoms with Gasteiger partial charge in [-0.1, -0.05) is 32.4 Å². The van der Waals surface area contributed by atoms with Crippen LogP contribution in [0.3, 0.4) is 0 Å². The molecule has 1 fully saturated rings. The lowest BCUT2D eigenvalue weighted by atomic mass is 9.98. The third-order valence-electron chi connectivity index (χ3n) is 3.81. The van der Waals surface area contributed by atoms with Gasteiger partial charge in [0, 0.05) is 13.1 Å². The maximum atomic E-state index is 5.61. The van der Waals surface area contributed by atoms with Gasteiger partial charge < -0.3 is 10.2 Å². The van der Waals surface area contributed by atoms with Crippen LogP contribution in [0.15, 0.2) is 11.6 Å². The van der Waals surface area contributed by atoms with Gasteiger partial charge in [0.15, 0.2) is 0 Å². The summed E-state index contributed by atoms with van der Waals surface area (Å²) in [5.41, 5.74) is 4.61. The summed E-state index contributed by atoms with van der Waals surface area (Å²) in [5, 5.41) is 3.41. The number of hydrogen-bond donors (Lipinski definition) is 2. The van der Waals surface area contributed by atoms with Gasteiger partial charge in [-0.15, -0.1) is 0 Å². The van der Waals surface area contributed by atoms with Crippen molar-refractivity contribution in [1.29, 1.82) is 0 Å². The summed E-state index contributed by atoms with van der Waals surface area (Å²) in [7, 11) is 0. The molecular formula is C15H30N2O. The molecule has 3 nitrogen and oxygen atoms in total. The SMILES string of the molecule is CC/C=C(\CNOCC1CCCNC1)C(C)CC. The molecule has 0 aromatic rings. The van der Waals surface area contributed by atoms with Crippen LogP contribution in [0.5, 0.6) is 0 Å². The molecule has 1 saturated heterocycles. The molecule has 2 N–H and O–H groups in total. The van der Waals surface area contributed by atoms with E-state index in [2.05, 4.69) is 37.6 Å². The van der Waals surface area contributed by atoms with Crippen LogP contribution in [0.1, 0.15) is 46.5 Å². The molecule has 1 heterocycles. The summed E-state index contributed by atoms with van der Waals surface area (Å²) in [6.07, 6.45) is 7.19. The van der Waals surface area contributed by atoms with Gasteiger partial charge in [0.1, 0.15) is 0 Å². The second-order valence-corrected chi connectivity index (χ2v) is 5.34. The van der Waals surface area contributed by atoms with Crippen LogP contribution >= 0.6 is 0 Å². The zero-order chi connectivity index (χ0) is 13.2. The summed E-state index contributed by atoms with van der Waals surface area (Å²) in [5.74, 6) is 1.32. The summed E-state index contributed by atoms with van der Waals surface area (Å²) < 4.78 is 0. The van der Waals surface area contributed by atoms with Crippen molar-refractivity contribution in [1.82, 2.24) is 10.8 Å². The Morgan fingerprint density at radius 2 is 2.33 bits per heavy atom. The van der Waals surface area contributed by atoms with Gasteiger partial charge in [-0.25, -0.2) is 0 Å². The number of hydrogen-bond acceptors (Lipinski definition) is 3. The topological polar surface area (TPSA) is 33.3 Å². The monoisotopic (exact) mass is 254 g/mol. The Balaban J connectivity index is 2.16. The molecule has 0 aliphatic carbocycles. The standard InChI is InChI=1S/C15H30N2O/c1-4-7-15(13(3)5-2)11-17-18-12-14-8-6-9-16-10-14/h7,13-14,16-17H,4-6,8-12H2,1-3H3/b15-7+. The van der Waals surface area contributed by atoms with Crippen molar-refractivity contribution >= 4 is 0 Å². The Labute approximate surface area is 112 Å². The first-order valence-electron chi connectivity index (χ1n) is 7.52. The van der Waals surface area contributed by atoms with E-state index in [1.807, 2.05) is 0 Å². The Kier molecular flexibility index (Phi) is 8.31. The van der Waals surface area contributed by atoms with Crippen molar-refractivity contribution in [2.45, 2.75) is 46.5 Å². The van der Waals surface area contributed by atoms with E-state index >= 15 is 0 Å². The summed E-state index contributed by atoms with van der Waals surface area (Å²) in [4.78, 5) is 5.61. The van der Waals surface area contributed by atoms with Gasteiger partial charge in [-0.05, 0) is 44.1 Å². The molecule has 2 atom stereocenters. The van der Waals surface area contributed by atoms with Gasteiger partial charge in [-0.3, -0.25) is 0 Å². The first-order valence-corrected chi connectivity index (χ1v) is 7.52. The van der Waals surface area contributed by atoms with E-state index < -0.39 is 0 Å². The molecule has 3 heteroatoms. The first-order chi connectivity index (χ1) is 8.77. The minimum atomic E-state index is 0.650. The average molecular weight is 254 g/mol. The normalized spacial score (nSPS) is 23.1. The van der Waals surface area contributed by atoms with E-state index in [1.54, 1.807) is 0 Å². The van der Waals surface area contributed by atoms with Crippen LogP contribution in [-0.4, -0.2) is 26.2 Å². The zero-order valence-electron chi connectivity index (χ0n) is 12.3. The second kappa shape index (κ2) is 9.54. The highest BCUT2D eigenvalue weighted by molar-refractivity contribution is 5.06. The molecular weight excluding hydrogens is 224 g/mol. The van der Waals surface area contributed by atoms with E-state index in [0.29, 0.717) is 11.8 Å². The molecule has 0 aromatic heterocycles. The molecule has 0 spiro atoms. The van der Waals surface area contributed by atoms with Crippen molar-refractivity contribution in [2.24, 2.45) is 11.8 Å². The van der Waals surface area contributed by atoms with Gasteiger partial charge in [0.05, 0.1) is 6.61 Å². The van der Waals surface area contributed by atoms with Crippen LogP contribution in [0, 0.1) is 11.8 Å². The number of nitrogens with one attached hydrogen (secondary N) is 2. The molecule has 1 aliphatic heterocycles. The summed E-state index contributed by atoms with van der Waals surface area (Å²) >= 11 is 0. The third kappa shape index (κ3) is 5.98. The molecule has 2 unspecified atom stereocenters. The van der Waals surface area contributed by atoms with Crippen LogP contribution in [-0.2, 0) is 4.84 Å². The van der Waals surface area contributed by atoms with Crippen molar-refractivity contribution in [2.75, 3.05) is 26.2 Å². The number of piperidine rings is 1. The highest BCUT2D eigenvalue weighted by atomic mass is 16.6. The summed E-state index contributed by atoms with van der Waals surface area (Å²) in [6.45, 7) is 10.7. The van der Waals surface area contributed by atoms with Crippen LogP contribution in [0.2, 0.25) is 0 Å². The maximum Gasteiger partial charge on any atom is 0.0722 e. The highest BCUT2D eigenvalue weighted by Crippen LogP contribution is 2.14. The molecule has 106 valence electrons. The largest absolute Gasteiger partial charge is 0.316 e.